The van der Waals surface area contributed by atoms with E-state index in [0.717, 1.165) is 18.4 Å². The summed E-state index contributed by atoms with van der Waals surface area (Å²) in [6.45, 7) is 12.5. The highest BCUT2D eigenvalue weighted by Gasteiger charge is 2.40. The molecule has 36 heavy (non-hydrogen) atoms. The topological polar surface area (TPSA) is 40.6 Å². The highest BCUT2D eigenvalue weighted by Crippen LogP contribution is 2.41. The average Bonchev–Trinajstić information content (AvgIpc) is 3.28. The lowest BCUT2D eigenvalue weighted by atomic mass is 9.82. The summed E-state index contributed by atoms with van der Waals surface area (Å²) in [7, 11) is -1.14. The number of benzene rings is 2. The van der Waals surface area contributed by atoms with E-state index < -0.39 is 9.04 Å². The third-order valence-electron chi connectivity index (χ3n) is 7.01. The molecule has 1 aromatic heterocycles. The van der Waals surface area contributed by atoms with Gasteiger partial charge in [-0.15, -0.1) is 0 Å². The highest BCUT2D eigenvalue weighted by atomic mass is 28.3. The van der Waals surface area contributed by atoms with Gasteiger partial charge in [0, 0.05) is 24.4 Å². The van der Waals surface area contributed by atoms with E-state index in [0.29, 0.717) is 13.2 Å². The van der Waals surface area contributed by atoms with Crippen molar-refractivity contribution < 1.29 is 13.9 Å². The lowest BCUT2D eigenvalue weighted by Crippen LogP contribution is -2.34. The number of pyridine rings is 1. The van der Waals surface area contributed by atoms with Crippen molar-refractivity contribution in [2.24, 2.45) is 11.3 Å². The van der Waals surface area contributed by atoms with Crippen molar-refractivity contribution in [1.82, 2.24) is 4.98 Å². The zero-order valence-electron chi connectivity index (χ0n) is 22.4. The van der Waals surface area contributed by atoms with Crippen molar-refractivity contribution in [2.45, 2.75) is 71.6 Å². The summed E-state index contributed by atoms with van der Waals surface area (Å²) in [6.07, 6.45) is 6.04. The zero-order chi connectivity index (χ0) is 25.5. The second-order valence-electron chi connectivity index (χ2n) is 11.2. The van der Waals surface area contributed by atoms with E-state index in [-0.39, 0.29) is 29.6 Å². The summed E-state index contributed by atoms with van der Waals surface area (Å²) < 4.78 is 19.3. The molecule has 1 fully saturated rings. The maximum absolute atomic E-state index is 6.52. The van der Waals surface area contributed by atoms with Gasteiger partial charge in [0.05, 0.1) is 25.4 Å². The Hall–Kier alpha value is -2.31. The first-order valence-electron chi connectivity index (χ1n) is 13.2. The quantitative estimate of drug-likeness (QED) is 0.274. The molecule has 4 rings (SSSR count). The van der Waals surface area contributed by atoms with Gasteiger partial charge in [0.1, 0.15) is 0 Å². The fraction of sp³-hybridized carbons (Fsp3) is 0.452. The van der Waals surface area contributed by atoms with E-state index in [1.165, 1.54) is 16.7 Å². The molecule has 1 saturated heterocycles. The number of ether oxygens (including phenoxy) is 2. The minimum Gasteiger partial charge on any atom is -0.417 e. The number of hydrogen-bond acceptors (Lipinski definition) is 4. The molecule has 3 aromatic rings. The Kier molecular flexibility index (Phi) is 9.13. The van der Waals surface area contributed by atoms with Crippen LogP contribution in [-0.4, -0.2) is 32.8 Å². The van der Waals surface area contributed by atoms with Crippen LogP contribution >= 0.6 is 0 Å². The van der Waals surface area contributed by atoms with Gasteiger partial charge in [0.2, 0.25) is 0 Å². The van der Waals surface area contributed by atoms with Crippen molar-refractivity contribution >= 4 is 9.04 Å². The number of hydrogen-bond donors (Lipinski definition) is 0. The Bertz CT molecular complexity index is 1050. The molecule has 0 radical (unpaired) electrons. The Morgan fingerprint density at radius 2 is 1.69 bits per heavy atom. The molecule has 2 aromatic carbocycles. The molecule has 192 valence electrons. The largest absolute Gasteiger partial charge is 0.417 e. The number of rotatable bonds is 10. The van der Waals surface area contributed by atoms with Crippen LogP contribution in [0.2, 0.25) is 13.1 Å². The maximum Gasteiger partial charge on any atom is 0.171 e. The van der Waals surface area contributed by atoms with Gasteiger partial charge >= 0.3 is 0 Å². The lowest BCUT2D eigenvalue weighted by molar-refractivity contribution is 0.00657. The van der Waals surface area contributed by atoms with Crippen molar-refractivity contribution in [2.75, 3.05) is 6.61 Å². The van der Waals surface area contributed by atoms with Gasteiger partial charge in [0.15, 0.2) is 9.04 Å². The fourth-order valence-electron chi connectivity index (χ4n) is 5.04. The summed E-state index contributed by atoms with van der Waals surface area (Å²) >= 11 is 0. The number of nitrogens with zero attached hydrogens (tertiary/aromatic N) is 1. The maximum atomic E-state index is 6.52. The molecule has 4 nitrogen and oxygen atoms in total. The van der Waals surface area contributed by atoms with Crippen LogP contribution < -0.4 is 0 Å². The Balaban J connectivity index is 1.44. The summed E-state index contributed by atoms with van der Waals surface area (Å²) in [4.78, 5) is 4.35. The van der Waals surface area contributed by atoms with Gasteiger partial charge in [-0.2, -0.15) is 0 Å². The minimum absolute atomic E-state index is 0.000991. The molecule has 0 amide bonds. The Morgan fingerprint density at radius 3 is 2.33 bits per heavy atom. The first kappa shape index (κ1) is 26.7. The van der Waals surface area contributed by atoms with Crippen LogP contribution in [0, 0.1) is 11.3 Å². The molecule has 1 aliphatic rings. The van der Waals surface area contributed by atoms with Crippen LogP contribution in [0.3, 0.4) is 0 Å². The molecule has 2 heterocycles. The van der Waals surface area contributed by atoms with Gasteiger partial charge in [-0.3, -0.25) is 4.98 Å². The molecule has 4 atom stereocenters. The molecule has 1 unspecified atom stereocenters. The average molecular weight is 504 g/mol. The number of aromatic nitrogens is 1. The third kappa shape index (κ3) is 7.13. The van der Waals surface area contributed by atoms with Crippen molar-refractivity contribution in [3.63, 3.8) is 0 Å². The van der Waals surface area contributed by atoms with Crippen LogP contribution in [0.15, 0.2) is 79.1 Å². The van der Waals surface area contributed by atoms with Crippen LogP contribution in [0.4, 0.5) is 0 Å². The smallest absolute Gasteiger partial charge is 0.171 e. The van der Waals surface area contributed by atoms with Crippen LogP contribution in [0.5, 0.6) is 0 Å². The summed E-state index contributed by atoms with van der Waals surface area (Å²) in [6, 6.07) is 23.3. The second kappa shape index (κ2) is 12.3. The van der Waals surface area contributed by atoms with Gasteiger partial charge in [0.25, 0.3) is 0 Å². The molecule has 0 N–H and O–H groups in total. The first-order valence-corrected chi connectivity index (χ1v) is 16.0. The molecule has 0 spiro atoms. The van der Waals surface area contributed by atoms with Gasteiger partial charge in [-0.25, -0.2) is 0 Å². The second-order valence-corrected chi connectivity index (χ2v) is 13.6. The molecular formula is C31H41NO3Si. The lowest BCUT2D eigenvalue weighted by Gasteiger charge is -2.34. The molecule has 1 aliphatic heterocycles. The SMILES string of the molecule is C[SiH](C)OC(CC[C@@H]1[C@@H](OCc2ccc(-c3ccccc3)cc2)CO[C@@H]1c1cccnc1)C(C)(C)C. The summed E-state index contributed by atoms with van der Waals surface area (Å²) in [5.41, 5.74) is 4.87. The standard InChI is InChI=1S/C31H41NO3Si/c1-31(2,3)29(35-36(4)5)18-17-27-28(22-34-30(27)26-12-9-19-32-20-26)33-21-23-13-15-25(16-14-23)24-10-7-6-8-11-24/h6-16,19-20,27-30,36H,17-18,21-22H2,1-5H3/t27-,28+,29?,30-/m1/s1. The third-order valence-corrected chi connectivity index (χ3v) is 7.88. The van der Waals surface area contributed by atoms with Gasteiger partial charge in [-0.1, -0.05) is 81.4 Å². The first-order chi connectivity index (χ1) is 17.3. The van der Waals surface area contributed by atoms with Crippen molar-refractivity contribution in [3.8, 4) is 11.1 Å². The summed E-state index contributed by atoms with van der Waals surface area (Å²) in [5, 5.41) is 0. The van der Waals surface area contributed by atoms with Crippen LogP contribution in [-0.2, 0) is 20.5 Å². The van der Waals surface area contributed by atoms with Crippen LogP contribution in [0.1, 0.15) is 50.8 Å². The van der Waals surface area contributed by atoms with Crippen molar-refractivity contribution in [1.29, 1.82) is 0 Å². The van der Waals surface area contributed by atoms with Gasteiger partial charge in [-0.05, 0) is 59.7 Å². The minimum atomic E-state index is -1.14. The van der Waals surface area contributed by atoms with E-state index >= 15 is 0 Å². The predicted molar refractivity (Wildman–Crippen MR) is 149 cm³/mol. The van der Waals surface area contributed by atoms with E-state index in [1.54, 1.807) is 0 Å². The van der Waals surface area contributed by atoms with Crippen LogP contribution in [0.25, 0.3) is 11.1 Å². The molecule has 0 bridgehead atoms. The Morgan fingerprint density at radius 1 is 0.972 bits per heavy atom. The monoisotopic (exact) mass is 503 g/mol. The molecule has 5 heteroatoms. The molecular weight excluding hydrogens is 462 g/mol. The highest BCUT2D eigenvalue weighted by molar-refractivity contribution is 6.48. The van der Waals surface area contributed by atoms with Gasteiger partial charge < -0.3 is 13.9 Å². The van der Waals surface area contributed by atoms with E-state index in [2.05, 4.69) is 93.4 Å². The molecule has 0 saturated carbocycles. The van der Waals surface area contributed by atoms with E-state index in [4.69, 9.17) is 13.9 Å². The predicted octanol–water partition coefficient (Wildman–Crippen LogP) is 7.22. The Labute approximate surface area is 218 Å². The molecule has 0 aliphatic carbocycles. The normalized spacial score (nSPS) is 21.1. The van der Waals surface area contributed by atoms with E-state index in [1.807, 2.05) is 24.5 Å². The van der Waals surface area contributed by atoms with E-state index in [9.17, 15) is 0 Å². The van der Waals surface area contributed by atoms with Crippen molar-refractivity contribution in [3.05, 3.63) is 90.3 Å². The summed E-state index contributed by atoms with van der Waals surface area (Å²) in [5.74, 6) is 0.264. The zero-order valence-corrected chi connectivity index (χ0v) is 23.5. The fourth-order valence-corrected chi connectivity index (χ4v) is 6.24.